The van der Waals surface area contributed by atoms with Crippen LogP contribution in [0.2, 0.25) is 15.1 Å². The van der Waals surface area contributed by atoms with Crippen LogP contribution in [0.15, 0.2) is 30.3 Å². The van der Waals surface area contributed by atoms with Crippen LogP contribution in [0.1, 0.15) is 24.1 Å². The van der Waals surface area contributed by atoms with Crippen molar-refractivity contribution in [1.29, 1.82) is 5.26 Å². The summed E-state index contributed by atoms with van der Waals surface area (Å²) in [6, 6.07) is 9.33. The van der Waals surface area contributed by atoms with Crippen molar-refractivity contribution in [3.8, 4) is 6.07 Å². The lowest BCUT2D eigenvalue weighted by molar-refractivity contribution is 0.624. The number of anilines is 1. The van der Waals surface area contributed by atoms with Crippen LogP contribution in [0.3, 0.4) is 0 Å². The summed E-state index contributed by atoms with van der Waals surface area (Å²) >= 11 is 18.1. The summed E-state index contributed by atoms with van der Waals surface area (Å²) in [6.07, 6.45) is 0. The van der Waals surface area contributed by atoms with Crippen molar-refractivity contribution in [2.45, 2.75) is 13.0 Å². The van der Waals surface area contributed by atoms with Crippen molar-refractivity contribution in [3.05, 3.63) is 62.3 Å². The predicted octanol–water partition coefficient (Wildman–Crippen LogP) is 5.83. The maximum absolute atomic E-state index is 13.6. The van der Waals surface area contributed by atoms with Crippen LogP contribution in [0.5, 0.6) is 0 Å². The number of hydrogen-bond donors (Lipinski definition) is 1. The van der Waals surface area contributed by atoms with E-state index in [0.29, 0.717) is 21.3 Å². The van der Waals surface area contributed by atoms with Gasteiger partial charge in [-0.15, -0.1) is 0 Å². The average molecular weight is 344 g/mol. The van der Waals surface area contributed by atoms with E-state index in [4.69, 9.17) is 40.1 Å². The second-order valence-corrected chi connectivity index (χ2v) is 5.57. The van der Waals surface area contributed by atoms with Gasteiger partial charge in [0.2, 0.25) is 0 Å². The molecule has 1 atom stereocenters. The van der Waals surface area contributed by atoms with E-state index in [9.17, 15) is 4.39 Å². The van der Waals surface area contributed by atoms with E-state index >= 15 is 0 Å². The molecule has 0 amide bonds. The zero-order valence-corrected chi connectivity index (χ0v) is 13.2. The largest absolute Gasteiger partial charge is 0.377 e. The van der Waals surface area contributed by atoms with E-state index in [2.05, 4.69) is 5.32 Å². The number of hydrogen-bond acceptors (Lipinski definition) is 2. The lowest BCUT2D eigenvalue weighted by atomic mass is 10.1. The second kappa shape index (κ2) is 6.53. The summed E-state index contributed by atoms with van der Waals surface area (Å²) in [5, 5.41) is 13.0. The quantitative estimate of drug-likeness (QED) is 0.712. The minimum Gasteiger partial charge on any atom is -0.377 e. The van der Waals surface area contributed by atoms with Gasteiger partial charge in [0, 0.05) is 0 Å². The number of halogens is 4. The maximum Gasteiger partial charge on any atom is 0.143 e. The Hall–Kier alpha value is -1.47. The van der Waals surface area contributed by atoms with E-state index < -0.39 is 5.82 Å². The summed E-state index contributed by atoms with van der Waals surface area (Å²) in [4.78, 5) is 0. The molecule has 2 nitrogen and oxygen atoms in total. The molecule has 2 rings (SSSR count). The Balaban J connectivity index is 2.36. The van der Waals surface area contributed by atoms with Crippen LogP contribution in [-0.2, 0) is 0 Å². The first-order valence-corrected chi connectivity index (χ1v) is 7.17. The molecule has 0 saturated heterocycles. The number of nitrogens with zero attached hydrogens (tertiary/aromatic N) is 1. The minimum atomic E-state index is -0.574. The molecule has 0 radical (unpaired) electrons. The van der Waals surface area contributed by atoms with Crippen molar-refractivity contribution in [2.24, 2.45) is 0 Å². The van der Waals surface area contributed by atoms with Gasteiger partial charge in [-0.1, -0.05) is 46.9 Å². The summed E-state index contributed by atoms with van der Waals surface area (Å²) in [6.45, 7) is 1.83. The molecule has 1 N–H and O–H groups in total. The molecular weight excluding hydrogens is 334 g/mol. The third kappa shape index (κ3) is 3.24. The van der Waals surface area contributed by atoms with E-state index in [1.165, 1.54) is 12.1 Å². The average Bonchev–Trinajstić information content (AvgIpc) is 2.45. The van der Waals surface area contributed by atoms with E-state index in [1.807, 2.05) is 13.0 Å². The van der Waals surface area contributed by atoms with E-state index in [-0.39, 0.29) is 16.6 Å². The highest BCUT2D eigenvalue weighted by Crippen LogP contribution is 2.36. The first kappa shape index (κ1) is 15.9. The van der Waals surface area contributed by atoms with Gasteiger partial charge < -0.3 is 5.32 Å². The molecule has 2 aromatic carbocycles. The molecular formula is C15H10Cl3FN2. The molecule has 108 valence electrons. The first-order valence-electron chi connectivity index (χ1n) is 6.04. The molecule has 1 unspecified atom stereocenters. The molecule has 0 aliphatic heterocycles. The number of nitrogens with one attached hydrogen (secondary N) is 1. The predicted molar refractivity (Wildman–Crippen MR) is 84.6 cm³/mol. The van der Waals surface area contributed by atoms with Crippen molar-refractivity contribution in [1.82, 2.24) is 0 Å². The lowest BCUT2D eigenvalue weighted by Crippen LogP contribution is -2.09. The lowest BCUT2D eigenvalue weighted by Gasteiger charge is -2.19. The van der Waals surface area contributed by atoms with Crippen molar-refractivity contribution in [2.75, 3.05) is 5.32 Å². The van der Waals surface area contributed by atoms with Crippen LogP contribution in [-0.4, -0.2) is 0 Å². The monoisotopic (exact) mass is 342 g/mol. The molecule has 21 heavy (non-hydrogen) atoms. The van der Waals surface area contributed by atoms with E-state index in [0.717, 1.165) is 0 Å². The van der Waals surface area contributed by atoms with Crippen LogP contribution >= 0.6 is 34.8 Å². The van der Waals surface area contributed by atoms with Gasteiger partial charge in [0.15, 0.2) is 0 Å². The molecule has 0 heterocycles. The van der Waals surface area contributed by atoms with Gasteiger partial charge in [-0.25, -0.2) is 4.39 Å². The molecule has 6 heteroatoms. The number of benzene rings is 2. The Bertz CT molecular complexity index is 726. The topological polar surface area (TPSA) is 35.8 Å². The molecule has 0 saturated carbocycles. The van der Waals surface area contributed by atoms with Gasteiger partial charge in [0.25, 0.3) is 0 Å². The third-order valence-corrected chi connectivity index (χ3v) is 4.34. The van der Waals surface area contributed by atoms with Crippen molar-refractivity contribution >= 4 is 40.5 Å². The Morgan fingerprint density at radius 1 is 1.14 bits per heavy atom. The standard InChI is InChI=1S/C15H10Cl3FN2/c1-8(9-5-6-11(16)15(18)14(9)17)21-13-4-2-3-12(19)10(13)7-20/h2-6,8,21H,1H3. The smallest absolute Gasteiger partial charge is 0.143 e. The molecule has 2 aromatic rings. The summed E-state index contributed by atoms with van der Waals surface area (Å²) in [7, 11) is 0. The van der Waals surface area contributed by atoms with Crippen LogP contribution in [0.25, 0.3) is 0 Å². The fraction of sp³-hybridized carbons (Fsp3) is 0.133. The highest BCUT2D eigenvalue weighted by Gasteiger charge is 2.16. The fourth-order valence-corrected chi connectivity index (χ4v) is 2.65. The Labute approximate surface area is 137 Å². The van der Waals surface area contributed by atoms with Gasteiger partial charge >= 0.3 is 0 Å². The SMILES string of the molecule is CC(Nc1cccc(F)c1C#N)c1ccc(Cl)c(Cl)c1Cl. The van der Waals surface area contributed by atoms with Crippen LogP contribution < -0.4 is 5.32 Å². The Morgan fingerprint density at radius 2 is 1.86 bits per heavy atom. The van der Waals surface area contributed by atoms with Gasteiger partial charge in [0.1, 0.15) is 17.4 Å². The normalized spacial score (nSPS) is 11.8. The number of nitriles is 1. The van der Waals surface area contributed by atoms with Crippen molar-refractivity contribution < 1.29 is 4.39 Å². The number of rotatable bonds is 3. The highest BCUT2D eigenvalue weighted by molar-refractivity contribution is 6.48. The molecule has 0 bridgehead atoms. The minimum absolute atomic E-state index is 0.0412. The highest BCUT2D eigenvalue weighted by atomic mass is 35.5. The van der Waals surface area contributed by atoms with Gasteiger partial charge in [-0.2, -0.15) is 5.26 Å². The zero-order valence-electron chi connectivity index (χ0n) is 10.9. The fourth-order valence-electron chi connectivity index (χ4n) is 1.94. The summed E-state index contributed by atoms with van der Waals surface area (Å²) in [5.74, 6) is -0.574. The molecule has 0 aliphatic rings. The maximum atomic E-state index is 13.6. The van der Waals surface area contributed by atoms with Crippen molar-refractivity contribution in [3.63, 3.8) is 0 Å². The Kier molecular flexibility index (Phi) is 4.95. The molecule has 0 aromatic heterocycles. The second-order valence-electron chi connectivity index (χ2n) is 4.40. The van der Waals surface area contributed by atoms with Gasteiger partial charge in [-0.3, -0.25) is 0 Å². The van der Waals surface area contributed by atoms with Gasteiger partial charge in [0.05, 0.1) is 26.8 Å². The molecule has 0 spiro atoms. The summed E-state index contributed by atoms with van der Waals surface area (Å²) < 4.78 is 13.6. The van der Waals surface area contributed by atoms with Crippen LogP contribution in [0.4, 0.5) is 10.1 Å². The molecule has 0 fully saturated rings. The third-order valence-electron chi connectivity index (χ3n) is 3.03. The molecule has 0 aliphatic carbocycles. The summed E-state index contributed by atoms with van der Waals surface area (Å²) in [5.41, 5.74) is 1.06. The van der Waals surface area contributed by atoms with Crippen LogP contribution in [0, 0.1) is 17.1 Å². The zero-order chi connectivity index (χ0) is 15.6. The first-order chi connectivity index (χ1) is 9.95. The Morgan fingerprint density at radius 3 is 2.52 bits per heavy atom. The van der Waals surface area contributed by atoms with Gasteiger partial charge in [-0.05, 0) is 30.7 Å². The van der Waals surface area contributed by atoms with E-state index in [1.54, 1.807) is 18.2 Å².